The van der Waals surface area contributed by atoms with Crippen LogP contribution in [0.15, 0.2) is 30.3 Å². The number of carboxylic acids is 1. The first-order chi connectivity index (χ1) is 9.66. The Kier molecular flexibility index (Phi) is 5.16. The lowest BCUT2D eigenvalue weighted by Gasteiger charge is -2.27. The lowest BCUT2D eigenvalue weighted by atomic mass is 10.1. The molecule has 108 valence electrons. The summed E-state index contributed by atoms with van der Waals surface area (Å²) in [7, 11) is 0. The number of amides is 1. The highest BCUT2D eigenvalue weighted by molar-refractivity contribution is 5.81. The molecule has 0 spiro atoms. The molecule has 1 saturated carbocycles. The lowest BCUT2D eigenvalue weighted by Crippen LogP contribution is -2.42. The Morgan fingerprint density at radius 2 is 1.80 bits per heavy atom. The van der Waals surface area contributed by atoms with Gasteiger partial charge in [-0.3, -0.25) is 9.59 Å². The summed E-state index contributed by atoms with van der Waals surface area (Å²) in [6.45, 7) is -0.168. The first-order valence-electron chi connectivity index (χ1n) is 7.22. The SMILES string of the molecule is O=C(O)CN(C(=O)CCc1ccccc1)C1CCCC1. The maximum Gasteiger partial charge on any atom is 0.323 e. The number of aryl methyl sites for hydroxylation is 1. The molecule has 1 aliphatic rings. The molecule has 2 rings (SSSR count). The third-order valence-electron chi connectivity index (χ3n) is 3.86. The number of hydrogen-bond acceptors (Lipinski definition) is 2. The summed E-state index contributed by atoms with van der Waals surface area (Å²) in [5, 5.41) is 8.98. The van der Waals surface area contributed by atoms with Gasteiger partial charge in [0.15, 0.2) is 0 Å². The van der Waals surface area contributed by atoms with E-state index in [1.54, 1.807) is 4.90 Å². The summed E-state index contributed by atoms with van der Waals surface area (Å²) in [6.07, 6.45) is 5.10. The van der Waals surface area contributed by atoms with Crippen LogP contribution in [-0.4, -0.2) is 34.5 Å². The summed E-state index contributed by atoms with van der Waals surface area (Å²) < 4.78 is 0. The molecule has 4 nitrogen and oxygen atoms in total. The van der Waals surface area contributed by atoms with E-state index in [2.05, 4.69) is 0 Å². The highest BCUT2D eigenvalue weighted by atomic mass is 16.4. The largest absolute Gasteiger partial charge is 0.480 e. The summed E-state index contributed by atoms with van der Waals surface area (Å²) in [5.41, 5.74) is 1.11. The average Bonchev–Trinajstić information content (AvgIpc) is 2.97. The van der Waals surface area contributed by atoms with Crippen LogP contribution in [-0.2, 0) is 16.0 Å². The minimum absolute atomic E-state index is 0.0387. The van der Waals surface area contributed by atoms with Gasteiger partial charge in [0.2, 0.25) is 5.91 Å². The molecule has 0 aromatic heterocycles. The molecule has 0 unspecified atom stereocenters. The minimum atomic E-state index is -0.926. The molecule has 0 bridgehead atoms. The number of carboxylic acid groups (broad SMARTS) is 1. The predicted octanol–water partition coefficient (Wildman–Crippen LogP) is 2.48. The quantitative estimate of drug-likeness (QED) is 0.867. The second-order valence-electron chi connectivity index (χ2n) is 5.34. The second-order valence-corrected chi connectivity index (χ2v) is 5.34. The van der Waals surface area contributed by atoms with Gasteiger partial charge in [0.25, 0.3) is 0 Å². The van der Waals surface area contributed by atoms with Gasteiger partial charge < -0.3 is 10.0 Å². The molecule has 0 aliphatic heterocycles. The topological polar surface area (TPSA) is 57.6 Å². The van der Waals surface area contributed by atoms with E-state index in [9.17, 15) is 9.59 Å². The Hall–Kier alpha value is -1.84. The smallest absolute Gasteiger partial charge is 0.323 e. The molecule has 4 heteroatoms. The normalized spacial score (nSPS) is 15.2. The number of nitrogens with zero attached hydrogens (tertiary/aromatic N) is 1. The molecule has 1 amide bonds. The van der Waals surface area contributed by atoms with Crippen LogP contribution in [0.5, 0.6) is 0 Å². The Labute approximate surface area is 119 Å². The van der Waals surface area contributed by atoms with Crippen molar-refractivity contribution in [2.75, 3.05) is 6.54 Å². The molecule has 1 aliphatic carbocycles. The highest BCUT2D eigenvalue weighted by Gasteiger charge is 2.27. The zero-order valence-corrected chi connectivity index (χ0v) is 11.6. The number of carbonyl (C=O) groups excluding carboxylic acids is 1. The molecule has 1 aromatic carbocycles. The maximum absolute atomic E-state index is 12.3. The van der Waals surface area contributed by atoms with Crippen LogP contribution >= 0.6 is 0 Å². The fourth-order valence-corrected chi connectivity index (χ4v) is 2.82. The van der Waals surface area contributed by atoms with E-state index >= 15 is 0 Å². The van der Waals surface area contributed by atoms with Gasteiger partial charge >= 0.3 is 5.97 Å². The van der Waals surface area contributed by atoms with Crippen LogP contribution in [0.4, 0.5) is 0 Å². The zero-order chi connectivity index (χ0) is 14.4. The third-order valence-corrected chi connectivity index (χ3v) is 3.86. The molecule has 0 atom stereocenters. The number of benzene rings is 1. The average molecular weight is 275 g/mol. The van der Waals surface area contributed by atoms with E-state index in [1.165, 1.54) is 0 Å². The first kappa shape index (κ1) is 14.6. The van der Waals surface area contributed by atoms with E-state index in [-0.39, 0.29) is 18.5 Å². The van der Waals surface area contributed by atoms with Gasteiger partial charge in [0, 0.05) is 12.5 Å². The first-order valence-corrected chi connectivity index (χ1v) is 7.22. The van der Waals surface area contributed by atoms with Crippen molar-refractivity contribution in [1.82, 2.24) is 4.90 Å². The van der Waals surface area contributed by atoms with Crippen molar-refractivity contribution in [1.29, 1.82) is 0 Å². The second kappa shape index (κ2) is 7.08. The summed E-state index contributed by atoms with van der Waals surface area (Å²) >= 11 is 0. The van der Waals surface area contributed by atoms with Crippen molar-refractivity contribution in [3.63, 3.8) is 0 Å². The van der Waals surface area contributed by atoms with E-state index in [4.69, 9.17) is 5.11 Å². The predicted molar refractivity (Wildman–Crippen MR) is 76.4 cm³/mol. The highest BCUT2D eigenvalue weighted by Crippen LogP contribution is 2.24. The van der Waals surface area contributed by atoms with Crippen molar-refractivity contribution in [2.24, 2.45) is 0 Å². The van der Waals surface area contributed by atoms with Gasteiger partial charge in [0.05, 0.1) is 0 Å². The van der Waals surface area contributed by atoms with E-state index in [1.807, 2.05) is 30.3 Å². The standard InChI is InChI=1S/C16H21NO3/c18-15(11-10-13-6-2-1-3-7-13)17(12-16(19)20)14-8-4-5-9-14/h1-3,6-7,14H,4-5,8-12H2,(H,19,20). The third kappa shape index (κ3) is 4.08. The Morgan fingerprint density at radius 1 is 1.15 bits per heavy atom. The van der Waals surface area contributed by atoms with Crippen LogP contribution in [0.2, 0.25) is 0 Å². The monoisotopic (exact) mass is 275 g/mol. The van der Waals surface area contributed by atoms with Crippen LogP contribution < -0.4 is 0 Å². The molecular formula is C16H21NO3. The zero-order valence-electron chi connectivity index (χ0n) is 11.6. The lowest BCUT2D eigenvalue weighted by molar-refractivity contribution is -0.146. The van der Waals surface area contributed by atoms with Gasteiger partial charge in [-0.15, -0.1) is 0 Å². The van der Waals surface area contributed by atoms with E-state index in [0.29, 0.717) is 12.8 Å². The van der Waals surface area contributed by atoms with Crippen LogP contribution in [0.1, 0.15) is 37.7 Å². The molecule has 0 radical (unpaired) electrons. The summed E-state index contributed by atoms with van der Waals surface area (Å²) in [4.78, 5) is 24.8. The van der Waals surface area contributed by atoms with E-state index in [0.717, 1.165) is 31.2 Å². The number of carbonyl (C=O) groups is 2. The Morgan fingerprint density at radius 3 is 2.40 bits per heavy atom. The maximum atomic E-state index is 12.3. The van der Waals surface area contributed by atoms with Gasteiger partial charge in [-0.1, -0.05) is 43.2 Å². The van der Waals surface area contributed by atoms with Crippen molar-refractivity contribution >= 4 is 11.9 Å². The number of aliphatic carboxylic acids is 1. The van der Waals surface area contributed by atoms with Crippen LogP contribution in [0.25, 0.3) is 0 Å². The van der Waals surface area contributed by atoms with Crippen molar-refractivity contribution in [2.45, 2.75) is 44.6 Å². The van der Waals surface area contributed by atoms with Crippen molar-refractivity contribution in [3.05, 3.63) is 35.9 Å². The Balaban J connectivity index is 1.93. The van der Waals surface area contributed by atoms with Crippen LogP contribution in [0.3, 0.4) is 0 Å². The van der Waals surface area contributed by atoms with Crippen molar-refractivity contribution < 1.29 is 14.7 Å². The Bertz CT molecular complexity index is 452. The number of hydrogen-bond donors (Lipinski definition) is 1. The summed E-state index contributed by atoms with van der Waals surface area (Å²) in [5.74, 6) is -0.965. The molecule has 20 heavy (non-hydrogen) atoms. The fraction of sp³-hybridized carbons (Fsp3) is 0.500. The van der Waals surface area contributed by atoms with E-state index < -0.39 is 5.97 Å². The van der Waals surface area contributed by atoms with Crippen LogP contribution in [0, 0.1) is 0 Å². The molecule has 1 N–H and O–H groups in total. The van der Waals surface area contributed by atoms with Gasteiger partial charge in [-0.05, 0) is 24.8 Å². The number of rotatable bonds is 6. The molecule has 0 saturated heterocycles. The minimum Gasteiger partial charge on any atom is -0.480 e. The van der Waals surface area contributed by atoms with Gasteiger partial charge in [0.1, 0.15) is 6.54 Å². The van der Waals surface area contributed by atoms with Crippen molar-refractivity contribution in [3.8, 4) is 0 Å². The van der Waals surface area contributed by atoms with Gasteiger partial charge in [-0.25, -0.2) is 0 Å². The molecule has 0 heterocycles. The molecule has 1 fully saturated rings. The fourth-order valence-electron chi connectivity index (χ4n) is 2.82. The molecule has 1 aromatic rings. The molecular weight excluding hydrogens is 254 g/mol. The summed E-state index contributed by atoms with van der Waals surface area (Å²) in [6, 6.07) is 9.95. The van der Waals surface area contributed by atoms with Gasteiger partial charge in [-0.2, -0.15) is 0 Å².